The first-order valence-corrected chi connectivity index (χ1v) is 7.00. The Morgan fingerprint density at radius 1 is 1.00 bits per heavy atom. The zero-order valence-corrected chi connectivity index (χ0v) is 12.1. The minimum Gasteiger partial charge on any atom is -0.493 e. The maximum absolute atomic E-state index is 13.5. The van der Waals surface area contributed by atoms with Crippen LogP contribution in [-0.4, -0.2) is 13.2 Å². The van der Waals surface area contributed by atoms with Crippen molar-refractivity contribution < 1.29 is 13.9 Å². The molecule has 0 bridgehead atoms. The lowest BCUT2D eigenvalue weighted by Gasteiger charge is -2.11. The molecule has 2 N–H and O–H groups in total. The Balaban J connectivity index is 1.76. The molecule has 0 aliphatic carbocycles. The van der Waals surface area contributed by atoms with Gasteiger partial charge >= 0.3 is 0 Å². The van der Waals surface area contributed by atoms with E-state index in [4.69, 9.17) is 15.2 Å². The van der Waals surface area contributed by atoms with Crippen molar-refractivity contribution in [2.75, 3.05) is 13.2 Å². The molecule has 0 aliphatic heterocycles. The molecule has 0 aromatic heterocycles. The molecule has 0 atom stereocenters. The summed E-state index contributed by atoms with van der Waals surface area (Å²) < 4.78 is 24.6. The Morgan fingerprint density at radius 2 is 1.71 bits per heavy atom. The molecule has 0 spiro atoms. The van der Waals surface area contributed by atoms with Crippen LogP contribution >= 0.6 is 0 Å². The van der Waals surface area contributed by atoms with Crippen molar-refractivity contribution in [1.82, 2.24) is 0 Å². The Bertz CT molecular complexity index is 587. The lowest BCUT2D eigenvalue weighted by atomic mass is 10.2. The third kappa shape index (κ3) is 4.46. The van der Waals surface area contributed by atoms with Crippen molar-refractivity contribution in [3.8, 4) is 11.5 Å². The molecular weight excluding hydrogens is 269 g/mol. The molecule has 2 aromatic carbocycles. The number of benzene rings is 2. The van der Waals surface area contributed by atoms with Crippen molar-refractivity contribution in [2.45, 2.75) is 19.9 Å². The van der Waals surface area contributed by atoms with E-state index in [0.29, 0.717) is 26.2 Å². The van der Waals surface area contributed by atoms with Gasteiger partial charge in [0.25, 0.3) is 0 Å². The van der Waals surface area contributed by atoms with Gasteiger partial charge in [0.2, 0.25) is 0 Å². The molecule has 3 nitrogen and oxygen atoms in total. The highest BCUT2D eigenvalue weighted by Gasteiger charge is 2.04. The SMILES string of the molecule is Cc1ccc(F)c(OCCCOc2ccccc2CN)c1. The van der Waals surface area contributed by atoms with Crippen LogP contribution in [0, 0.1) is 12.7 Å². The summed E-state index contributed by atoms with van der Waals surface area (Å²) >= 11 is 0. The van der Waals surface area contributed by atoms with Gasteiger partial charge < -0.3 is 15.2 Å². The van der Waals surface area contributed by atoms with Crippen LogP contribution in [-0.2, 0) is 6.54 Å². The molecule has 0 saturated heterocycles. The van der Waals surface area contributed by atoms with Crippen molar-refractivity contribution in [3.05, 3.63) is 59.4 Å². The molecule has 0 heterocycles. The largest absolute Gasteiger partial charge is 0.493 e. The monoisotopic (exact) mass is 289 g/mol. The van der Waals surface area contributed by atoms with Crippen LogP contribution in [0.5, 0.6) is 11.5 Å². The van der Waals surface area contributed by atoms with E-state index in [1.807, 2.05) is 31.2 Å². The average Bonchev–Trinajstić information content (AvgIpc) is 2.50. The van der Waals surface area contributed by atoms with Crippen LogP contribution in [0.2, 0.25) is 0 Å². The summed E-state index contributed by atoms with van der Waals surface area (Å²) in [4.78, 5) is 0. The van der Waals surface area contributed by atoms with E-state index in [9.17, 15) is 4.39 Å². The summed E-state index contributed by atoms with van der Waals surface area (Å²) in [6.45, 7) is 3.26. The number of ether oxygens (including phenoxy) is 2. The summed E-state index contributed by atoms with van der Waals surface area (Å²) in [5.74, 6) is 0.745. The van der Waals surface area contributed by atoms with Gasteiger partial charge in [-0.1, -0.05) is 24.3 Å². The maximum atomic E-state index is 13.5. The summed E-state index contributed by atoms with van der Waals surface area (Å²) in [7, 11) is 0. The highest BCUT2D eigenvalue weighted by Crippen LogP contribution is 2.19. The van der Waals surface area contributed by atoms with E-state index in [-0.39, 0.29) is 11.6 Å². The van der Waals surface area contributed by atoms with Crippen molar-refractivity contribution in [3.63, 3.8) is 0 Å². The Kier molecular flexibility index (Phi) is 5.58. The number of rotatable bonds is 7. The van der Waals surface area contributed by atoms with Gasteiger partial charge in [-0.3, -0.25) is 0 Å². The fourth-order valence-corrected chi connectivity index (χ4v) is 1.96. The van der Waals surface area contributed by atoms with E-state index >= 15 is 0 Å². The summed E-state index contributed by atoms with van der Waals surface area (Å²) in [6, 6.07) is 12.5. The molecule has 0 aliphatic rings. The minimum atomic E-state index is -0.338. The third-order valence-electron chi connectivity index (χ3n) is 3.08. The summed E-state index contributed by atoms with van der Waals surface area (Å²) in [5, 5.41) is 0. The molecule has 0 amide bonds. The Hall–Kier alpha value is -2.07. The standard InChI is InChI=1S/C17H20FNO2/c1-13-7-8-15(18)17(11-13)21-10-4-9-20-16-6-3-2-5-14(16)12-19/h2-3,5-8,11H,4,9-10,12,19H2,1H3. The van der Waals surface area contributed by atoms with Crippen LogP contribution < -0.4 is 15.2 Å². The van der Waals surface area contributed by atoms with Crippen LogP contribution in [0.25, 0.3) is 0 Å². The maximum Gasteiger partial charge on any atom is 0.165 e. The third-order valence-corrected chi connectivity index (χ3v) is 3.08. The fraction of sp³-hybridized carbons (Fsp3) is 0.294. The summed E-state index contributed by atoms with van der Waals surface area (Å²) in [6.07, 6.45) is 0.673. The molecule has 0 fully saturated rings. The van der Waals surface area contributed by atoms with Gasteiger partial charge in [-0.2, -0.15) is 0 Å². The van der Waals surface area contributed by atoms with Gasteiger partial charge in [0.15, 0.2) is 11.6 Å². The first-order chi connectivity index (χ1) is 10.2. The van der Waals surface area contributed by atoms with Crippen molar-refractivity contribution in [1.29, 1.82) is 0 Å². The van der Waals surface area contributed by atoms with Crippen LogP contribution in [0.4, 0.5) is 4.39 Å². The molecule has 2 rings (SSSR count). The van der Waals surface area contributed by atoms with E-state index in [1.54, 1.807) is 12.1 Å². The Labute approximate surface area is 124 Å². The number of aryl methyl sites for hydroxylation is 1. The topological polar surface area (TPSA) is 44.5 Å². The highest BCUT2D eigenvalue weighted by atomic mass is 19.1. The van der Waals surface area contributed by atoms with Crippen molar-refractivity contribution >= 4 is 0 Å². The zero-order valence-electron chi connectivity index (χ0n) is 12.1. The lowest BCUT2D eigenvalue weighted by molar-refractivity contribution is 0.240. The first-order valence-electron chi connectivity index (χ1n) is 7.00. The zero-order chi connectivity index (χ0) is 15.1. The minimum absolute atomic E-state index is 0.289. The predicted molar refractivity (Wildman–Crippen MR) is 81.1 cm³/mol. The average molecular weight is 289 g/mol. The molecule has 0 radical (unpaired) electrons. The second-order valence-corrected chi connectivity index (χ2v) is 4.80. The molecular formula is C17H20FNO2. The van der Waals surface area contributed by atoms with Gasteiger partial charge in [-0.25, -0.2) is 4.39 Å². The molecule has 2 aromatic rings. The first kappa shape index (κ1) is 15.3. The number of hydrogen-bond donors (Lipinski definition) is 1. The molecule has 0 unspecified atom stereocenters. The smallest absolute Gasteiger partial charge is 0.165 e. The number of hydrogen-bond acceptors (Lipinski definition) is 3. The Morgan fingerprint density at radius 3 is 2.48 bits per heavy atom. The quantitative estimate of drug-likeness (QED) is 0.794. The van der Waals surface area contributed by atoms with Gasteiger partial charge in [0, 0.05) is 18.5 Å². The normalized spacial score (nSPS) is 10.4. The lowest BCUT2D eigenvalue weighted by Crippen LogP contribution is -2.08. The van der Waals surface area contributed by atoms with E-state index in [1.165, 1.54) is 6.07 Å². The van der Waals surface area contributed by atoms with Gasteiger partial charge in [0.05, 0.1) is 13.2 Å². The van der Waals surface area contributed by atoms with E-state index in [0.717, 1.165) is 16.9 Å². The van der Waals surface area contributed by atoms with Crippen LogP contribution in [0.3, 0.4) is 0 Å². The van der Waals surface area contributed by atoms with Gasteiger partial charge in [-0.05, 0) is 30.7 Å². The summed E-state index contributed by atoms with van der Waals surface area (Å²) in [5.41, 5.74) is 7.59. The highest BCUT2D eigenvalue weighted by molar-refractivity contribution is 5.33. The second-order valence-electron chi connectivity index (χ2n) is 4.80. The van der Waals surface area contributed by atoms with E-state index in [2.05, 4.69) is 0 Å². The molecule has 0 saturated carbocycles. The fourth-order valence-electron chi connectivity index (χ4n) is 1.96. The number of nitrogens with two attached hydrogens (primary N) is 1. The van der Waals surface area contributed by atoms with E-state index < -0.39 is 0 Å². The molecule has 4 heteroatoms. The number of halogens is 1. The predicted octanol–water partition coefficient (Wildman–Crippen LogP) is 3.44. The number of para-hydroxylation sites is 1. The second kappa shape index (κ2) is 7.64. The van der Waals surface area contributed by atoms with Crippen LogP contribution in [0.15, 0.2) is 42.5 Å². The van der Waals surface area contributed by atoms with Gasteiger partial charge in [0.1, 0.15) is 5.75 Å². The molecule has 21 heavy (non-hydrogen) atoms. The van der Waals surface area contributed by atoms with Crippen LogP contribution in [0.1, 0.15) is 17.5 Å². The van der Waals surface area contributed by atoms with Gasteiger partial charge in [-0.15, -0.1) is 0 Å². The molecule has 112 valence electrons. The van der Waals surface area contributed by atoms with Crippen molar-refractivity contribution in [2.24, 2.45) is 5.73 Å².